The van der Waals surface area contributed by atoms with Crippen molar-refractivity contribution in [3.63, 3.8) is 0 Å². The monoisotopic (exact) mass is 203 g/mol. The van der Waals surface area contributed by atoms with Crippen molar-refractivity contribution in [2.75, 3.05) is 5.75 Å². The number of nitrogens with one attached hydrogen (secondary N) is 1. The van der Waals surface area contributed by atoms with Crippen molar-refractivity contribution in [3.8, 4) is 0 Å². The van der Waals surface area contributed by atoms with Crippen LogP contribution < -0.4 is 5.32 Å². The molecule has 1 saturated carbocycles. The van der Waals surface area contributed by atoms with Gasteiger partial charge in [0.15, 0.2) is 0 Å². The Morgan fingerprint density at radius 3 is 2.46 bits per heavy atom. The molecule has 1 unspecified atom stereocenters. The maximum atomic E-state index is 11.2. The fourth-order valence-corrected chi connectivity index (χ4v) is 1.78. The van der Waals surface area contributed by atoms with Gasteiger partial charge >= 0.3 is 0 Å². The average molecular weight is 203 g/mol. The van der Waals surface area contributed by atoms with E-state index in [0.29, 0.717) is 17.7 Å². The van der Waals surface area contributed by atoms with E-state index in [0.717, 1.165) is 0 Å². The first-order chi connectivity index (χ1) is 5.95. The van der Waals surface area contributed by atoms with Crippen molar-refractivity contribution in [2.24, 2.45) is 11.3 Å². The summed E-state index contributed by atoms with van der Waals surface area (Å²) >= 11 is 3.96. The molecule has 1 aliphatic carbocycles. The Morgan fingerprint density at radius 1 is 1.62 bits per heavy atom. The van der Waals surface area contributed by atoms with E-state index in [9.17, 15) is 4.79 Å². The van der Waals surface area contributed by atoms with Crippen molar-refractivity contribution in [1.82, 2.24) is 5.32 Å². The van der Waals surface area contributed by atoms with Crippen LogP contribution in [-0.2, 0) is 4.79 Å². The lowest BCUT2D eigenvalue weighted by Gasteiger charge is -2.31. The molecule has 0 heterocycles. The van der Waals surface area contributed by atoms with E-state index in [2.05, 4.69) is 38.7 Å². The Balaban J connectivity index is 0.00000169. The van der Waals surface area contributed by atoms with Crippen LogP contribution in [0.1, 0.15) is 35.0 Å². The van der Waals surface area contributed by atoms with E-state index >= 15 is 0 Å². The fourth-order valence-electron chi connectivity index (χ4n) is 1.69. The smallest absolute Gasteiger partial charge is 0.229 e. The second-order valence-corrected chi connectivity index (χ2v) is 5.22. The summed E-state index contributed by atoms with van der Waals surface area (Å²) in [4.78, 5) is 11.2. The van der Waals surface area contributed by atoms with Gasteiger partial charge < -0.3 is 5.32 Å². The standard InChI is InChI=1S/C10H19NOS.H2/c1-10(2,3)9(7-4-5-7)11-8(12)6-13;/h7,9,13H,4-6H2,1-3H3,(H,11,12);1H. The van der Waals surface area contributed by atoms with Crippen LogP contribution in [-0.4, -0.2) is 17.7 Å². The third kappa shape index (κ3) is 3.22. The molecule has 0 aromatic heterocycles. The Labute approximate surface area is 87.4 Å². The van der Waals surface area contributed by atoms with Crippen molar-refractivity contribution < 1.29 is 6.22 Å². The molecule has 0 spiro atoms. The quantitative estimate of drug-likeness (QED) is 0.676. The van der Waals surface area contributed by atoms with Gasteiger partial charge in [0.1, 0.15) is 0 Å². The van der Waals surface area contributed by atoms with Crippen LogP contribution in [0.15, 0.2) is 0 Å². The van der Waals surface area contributed by atoms with Crippen LogP contribution in [0.25, 0.3) is 0 Å². The van der Waals surface area contributed by atoms with E-state index in [1.54, 1.807) is 0 Å². The summed E-state index contributed by atoms with van der Waals surface area (Å²) in [5.74, 6) is 1.04. The summed E-state index contributed by atoms with van der Waals surface area (Å²) in [6, 6.07) is 0.326. The molecule has 1 N–H and O–H groups in total. The van der Waals surface area contributed by atoms with Gasteiger partial charge in [0.05, 0.1) is 5.75 Å². The lowest BCUT2D eigenvalue weighted by Crippen LogP contribution is -2.45. The van der Waals surface area contributed by atoms with E-state index in [4.69, 9.17) is 0 Å². The topological polar surface area (TPSA) is 29.1 Å². The molecule has 1 rings (SSSR count). The Hall–Kier alpha value is -0.180. The molecule has 1 fully saturated rings. The van der Waals surface area contributed by atoms with E-state index in [1.807, 2.05) is 0 Å². The van der Waals surface area contributed by atoms with E-state index in [-0.39, 0.29) is 12.7 Å². The number of hydrogen-bond donors (Lipinski definition) is 2. The van der Waals surface area contributed by atoms with Gasteiger partial charge in [-0.1, -0.05) is 20.8 Å². The molecular weight excluding hydrogens is 182 g/mol. The van der Waals surface area contributed by atoms with Crippen LogP contribution in [0.2, 0.25) is 0 Å². The predicted octanol–water partition coefficient (Wildman–Crippen LogP) is 2.10. The van der Waals surface area contributed by atoms with Gasteiger partial charge in [0.2, 0.25) is 5.91 Å². The lowest BCUT2D eigenvalue weighted by atomic mass is 9.84. The summed E-state index contributed by atoms with van der Waals surface area (Å²) in [5.41, 5.74) is 0.166. The highest BCUT2D eigenvalue weighted by Gasteiger charge is 2.39. The van der Waals surface area contributed by atoms with E-state index < -0.39 is 0 Å². The minimum absolute atomic E-state index is 0. The third-order valence-electron chi connectivity index (χ3n) is 2.49. The molecule has 1 amide bonds. The predicted molar refractivity (Wildman–Crippen MR) is 60.1 cm³/mol. The zero-order chi connectivity index (χ0) is 10.1. The van der Waals surface area contributed by atoms with Crippen molar-refractivity contribution in [2.45, 2.75) is 39.7 Å². The summed E-state index contributed by atoms with van der Waals surface area (Å²) in [6.45, 7) is 6.53. The third-order valence-corrected chi connectivity index (χ3v) is 2.77. The maximum Gasteiger partial charge on any atom is 0.229 e. The molecule has 3 heteroatoms. The highest BCUT2D eigenvalue weighted by Crippen LogP contribution is 2.40. The number of rotatable bonds is 3. The molecule has 2 nitrogen and oxygen atoms in total. The van der Waals surface area contributed by atoms with Gasteiger partial charge in [-0.3, -0.25) is 4.79 Å². The van der Waals surface area contributed by atoms with Gasteiger partial charge in [0.25, 0.3) is 0 Å². The molecule has 78 valence electrons. The molecule has 0 bridgehead atoms. The number of thiol groups is 1. The first-order valence-electron chi connectivity index (χ1n) is 4.85. The average Bonchev–Trinajstić information content (AvgIpc) is 2.80. The molecule has 0 aromatic rings. The van der Waals surface area contributed by atoms with Crippen LogP contribution in [0.4, 0.5) is 0 Å². The highest BCUT2D eigenvalue weighted by molar-refractivity contribution is 7.81. The van der Waals surface area contributed by atoms with Gasteiger partial charge in [-0.15, -0.1) is 0 Å². The minimum atomic E-state index is 0. The number of carbonyl (C=O) groups excluding carboxylic acids is 1. The zero-order valence-corrected chi connectivity index (χ0v) is 9.53. The molecular formula is C10H21NOS. The van der Waals surface area contributed by atoms with Gasteiger partial charge in [-0.2, -0.15) is 12.6 Å². The summed E-state index contributed by atoms with van der Waals surface area (Å²) in [6.07, 6.45) is 2.52. The van der Waals surface area contributed by atoms with Crippen molar-refractivity contribution in [1.29, 1.82) is 0 Å². The van der Waals surface area contributed by atoms with Crippen LogP contribution >= 0.6 is 12.6 Å². The first kappa shape index (κ1) is 10.9. The second-order valence-electron chi connectivity index (χ2n) is 4.91. The van der Waals surface area contributed by atoms with Gasteiger partial charge in [-0.25, -0.2) is 0 Å². The Bertz CT molecular complexity index is 199. The summed E-state index contributed by atoms with van der Waals surface area (Å²) < 4.78 is 0. The first-order valence-corrected chi connectivity index (χ1v) is 5.48. The van der Waals surface area contributed by atoms with Crippen molar-refractivity contribution in [3.05, 3.63) is 0 Å². The molecule has 13 heavy (non-hydrogen) atoms. The Morgan fingerprint density at radius 2 is 2.15 bits per heavy atom. The number of amides is 1. The molecule has 0 aliphatic heterocycles. The SMILES string of the molecule is CC(C)(C)C(NC(=O)CS)C1CC1.[HH]. The highest BCUT2D eigenvalue weighted by atomic mass is 32.1. The second kappa shape index (κ2) is 3.91. The maximum absolute atomic E-state index is 11.2. The largest absolute Gasteiger partial charge is 0.352 e. The van der Waals surface area contributed by atoms with Gasteiger partial charge in [0, 0.05) is 7.47 Å². The molecule has 0 saturated heterocycles. The number of hydrogen-bond acceptors (Lipinski definition) is 2. The minimum Gasteiger partial charge on any atom is -0.352 e. The van der Waals surface area contributed by atoms with Crippen LogP contribution in [0, 0.1) is 11.3 Å². The molecule has 1 atom stereocenters. The lowest BCUT2D eigenvalue weighted by molar-refractivity contribution is -0.120. The van der Waals surface area contributed by atoms with Gasteiger partial charge in [-0.05, 0) is 24.2 Å². The normalized spacial score (nSPS) is 19.7. The zero-order valence-electron chi connectivity index (χ0n) is 8.63. The van der Waals surface area contributed by atoms with Crippen molar-refractivity contribution >= 4 is 18.5 Å². The fraction of sp³-hybridized carbons (Fsp3) is 0.900. The van der Waals surface area contributed by atoms with Crippen LogP contribution in [0.3, 0.4) is 0 Å². The Kier molecular flexibility index (Phi) is 3.28. The number of carbonyl (C=O) groups is 1. The summed E-state index contributed by atoms with van der Waals surface area (Å²) in [5, 5.41) is 3.05. The molecule has 1 aliphatic rings. The molecule has 0 aromatic carbocycles. The molecule has 0 radical (unpaired) electrons. The van der Waals surface area contributed by atoms with E-state index in [1.165, 1.54) is 12.8 Å². The summed E-state index contributed by atoms with van der Waals surface area (Å²) in [7, 11) is 0. The van der Waals surface area contributed by atoms with Crippen LogP contribution in [0.5, 0.6) is 0 Å².